The van der Waals surface area contributed by atoms with Crippen molar-refractivity contribution in [3.05, 3.63) is 11.6 Å². The molecule has 0 bridgehead atoms. The second-order valence-corrected chi connectivity index (χ2v) is 4.73. The standard InChI is InChI=1S/C13H21NO2/c1-14-12-9-16-8-11(12)13(15)10-6-4-2-3-5-7-10/h6,11-12,14H,2-5,7-9H2,1H3. The number of nitrogens with one attached hydrogen (secondary N) is 1. The number of ketones is 1. The Morgan fingerprint density at radius 1 is 1.38 bits per heavy atom. The highest BCUT2D eigenvalue weighted by molar-refractivity contribution is 5.97. The van der Waals surface area contributed by atoms with E-state index in [2.05, 4.69) is 11.4 Å². The highest BCUT2D eigenvalue weighted by atomic mass is 16.5. The minimum atomic E-state index is 0.0364. The molecule has 1 fully saturated rings. The number of rotatable bonds is 3. The number of likely N-dealkylation sites (N-methyl/N-ethyl adjacent to an activating group) is 1. The molecule has 3 heteroatoms. The van der Waals surface area contributed by atoms with Gasteiger partial charge in [0.05, 0.1) is 19.1 Å². The van der Waals surface area contributed by atoms with Crippen molar-refractivity contribution in [3.8, 4) is 0 Å². The van der Waals surface area contributed by atoms with Crippen molar-refractivity contribution in [3.63, 3.8) is 0 Å². The smallest absolute Gasteiger partial charge is 0.165 e. The van der Waals surface area contributed by atoms with Crippen LogP contribution < -0.4 is 5.32 Å². The number of ether oxygens (including phenoxy) is 1. The van der Waals surface area contributed by atoms with Gasteiger partial charge in [-0.25, -0.2) is 0 Å². The lowest BCUT2D eigenvalue weighted by molar-refractivity contribution is -0.119. The number of allylic oxidation sites excluding steroid dienone is 2. The minimum Gasteiger partial charge on any atom is -0.379 e. The van der Waals surface area contributed by atoms with Gasteiger partial charge in [0.25, 0.3) is 0 Å². The summed E-state index contributed by atoms with van der Waals surface area (Å²) in [5, 5.41) is 3.18. The Labute approximate surface area is 97.2 Å². The van der Waals surface area contributed by atoms with E-state index >= 15 is 0 Å². The van der Waals surface area contributed by atoms with Gasteiger partial charge in [0, 0.05) is 6.04 Å². The SMILES string of the molecule is CNC1COCC1C(=O)C1=CCCCCC1. The Hall–Kier alpha value is -0.670. The number of hydrogen-bond acceptors (Lipinski definition) is 3. The Balaban J connectivity index is 2.02. The van der Waals surface area contributed by atoms with Crippen molar-refractivity contribution in [2.45, 2.75) is 38.1 Å². The molecule has 0 aromatic rings. The van der Waals surface area contributed by atoms with E-state index in [1.807, 2.05) is 7.05 Å². The Morgan fingerprint density at radius 2 is 2.25 bits per heavy atom. The highest BCUT2D eigenvalue weighted by Crippen LogP contribution is 2.24. The minimum absolute atomic E-state index is 0.0364. The zero-order valence-electron chi connectivity index (χ0n) is 10.00. The molecule has 0 radical (unpaired) electrons. The van der Waals surface area contributed by atoms with E-state index in [0.29, 0.717) is 19.0 Å². The molecule has 16 heavy (non-hydrogen) atoms. The van der Waals surface area contributed by atoms with Gasteiger partial charge in [-0.3, -0.25) is 4.79 Å². The van der Waals surface area contributed by atoms with Crippen LogP contribution in [0.15, 0.2) is 11.6 Å². The molecule has 1 saturated heterocycles. The average Bonchev–Trinajstić information content (AvgIpc) is 2.61. The fourth-order valence-corrected chi connectivity index (χ4v) is 2.57. The molecular weight excluding hydrogens is 202 g/mol. The third-order valence-corrected chi connectivity index (χ3v) is 3.65. The lowest BCUT2D eigenvalue weighted by Gasteiger charge is -2.16. The highest BCUT2D eigenvalue weighted by Gasteiger charge is 2.34. The van der Waals surface area contributed by atoms with E-state index in [1.165, 1.54) is 12.8 Å². The largest absolute Gasteiger partial charge is 0.379 e. The molecule has 2 rings (SSSR count). The maximum absolute atomic E-state index is 12.3. The Kier molecular flexibility index (Phi) is 4.13. The van der Waals surface area contributed by atoms with Crippen LogP contribution in [-0.4, -0.2) is 32.1 Å². The van der Waals surface area contributed by atoms with E-state index in [1.54, 1.807) is 0 Å². The van der Waals surface area contributed by atoms with E-state index < -0.39 is 0 Å². The van der Waals surface area contributed by atoms with Gasteiger partial charge >= 0.3 is 0 Å². The summed E-state index contributed by atoms with van der Waals surface area (Å²) in [6.45, 7) is 1.25. The fourth-order valence-electron chi connectivity index (χ4n) is 2.57. The van der Waals surface area contributed by atoms with E-state index in [-0.39, 0.29) is 12.0 Å². The predicted octanol–water partition coefficient (Wildman–Crippen LogP) is 1.68. The third-order valence-electron chi connectivity index (χ3n) is 3.65. The van der Waals surface area contributed by atoms with Crippen LogP contribution in [0.4, 0.5) is 0 Å². The van der Waals surface area contributed by atoms with Crippen LogP contribution in [0, 0.1) is 5.92 Å². The molecule has 0 saturated carbocycles. The van der Waals surface area contributed by atoms with Crippen molar-refractivity contribution in [1.29, 1.82) is 0 Å². The van der Waals surface area contributed by atoms with Crippen molar-refractivity contribution in [1.82, 2.24) is 5.32 Å². The lowest BCUT2D eigenvalue weighted by Crippen LogP contribution is -2.37. The van der Waals surface area contributed by atoms with Crippen molar-refractivity contribution in [2.24, 2.45) is 5.92 Å². The van der Waals surface area contributed by atoms with Crippen molar-refractivity contribution >= 4 is 5.78 Å². The number of Topliss-reactive ketones (excluding diaryl/α,β-unsaturated/α-hetero) is 1. The first-order valence-electron chi connectivity index (χ1n) is 6.31. The Bertz CT molecular complexity index is 286. The molecule has 0 aromatic carbocycles. The summed E-state index contributed by atoms with van der Waals surface area (Å²) in [4.78, 5) is 12.3. The molecule has 2 unspecified atom stereocenters. The fraction of sp³-hybridized carbons (Fsp3) is 0.769. The van der Waals surface area contributed by atoms with Crippen LogP contribution in [0.25, 0.3) is 0 Å². The summed E-state index contributed by atoms with van der Waals surface area (Å²) in [6.07, 6.45) is 7.83. The van der Waals surface area contributed by atoms with Gasteiger partial charge in [0.1, 0.15) is 0 Å². The summed E-state index contributed by atoms with van der Waals surface area (Å²) in [6, 6.07) is 0.205. The normalized spacial score (nSPS) is 30.9. The maximum atomic E-state index is 12.3. The number of hydrogen-bond donors (Lipinski definition) is 1. The van der Waals surface area contributed by atoms with Crippen molar-refractivity contribution < 1.29 is 9.53 Å². The number of carbonyl (C=O) groups is 1. The molecule has 1 aliphatic carbocycles. The maximum Gasteiger partial charge on any atom is 0.165 e. The predicted molar refractivity (Wildman–Crippen MR) is 63.3 cm³/mol. The van der Waals surface area contributed by atoms with Crippen LogP contribution in [0.2, 0.25) is 0 Å². The second kappa shape index (κ2) is 5.60. The monoisotopic (exact) mass is 223 g/mol. The van der Waals surface area contributed by atoms with Crippen LogP contribution >= 0.6 is 0 Å². The molecular formula is C13H21NO2. The second-order valence-electron chi connectivity index (χ2n) is 4.73. The van der Waals surface area contributed by atoms with E-state index in [4.69, 9.17) is 4.74 Å². The van der Waals surface area contributed by atoms with Gasteiger partial charge in [0.15, 0.2) is 5.78 Å². The molecule has 90 valence electrons. The zero-order valence-corrected chi connectivity index (χ0v) is 10.00. The summed E-state index contributed by atoms with van der Waals surface area (Å²) in [7, 11) is 1.90. The van der Waals surface area contributed by atoms with Crippen LogP contribution in [0.1, 0.15) is 32.1 Å². The van der Waals surface area contributed by atoms with Gasteiger partial charge in [-0.05, 0) is 38.3 Å². The molecule has 1 heterocycles. The first-order chi connectivity index (χ1) is 7.83. The lowest BCUT2D eigenvalue weighted by atomic mass is 9.91. The van der Waals surface area contributed by atoms with Crippen molar-refractivity contribution in [2.75, 3.05) is 20.3 Å². The third kappa shape index (κ3) is 2.53. The molecule has 0 amide bonds. The molecule has 0 aromatic heterocycles. The first kappa shape index (κ1) is 11.8. The summed E-state index contributed by atoms with van der Waals surface area (Å²) in [5.41, 5.74) is 1.05. The van der Waals surface area contributed by atoms with Crippen LogP contribution in [0.3, 0.4) is 0 Å². The van der Waals surface area contributed by atoms with Gasteiger partial charge < -0.3 is 10.1 Å². The van der Waals surface area contributed by atoms with Crippen LogP contribution in [-0.2, 0) is 9.53 Å². The molecule has 1 N–H and O–H groups in total. The molecule has 2 atom stereocenters. The van der Waals surface area contributed by atoms with E-state index in [9.17, 15) is 4.79 Å². The summed E-state index contributed by atoms with van der Waals surface area (Å²) < 4.78 is 5.39. The summed E-state index contributed by atoms with van der Waals surface area (Å²) >= 11 is 0. The zero-order chi connectivity index (χ0) is 11.4. The molecule has 1 aliphatic heterocycles. The Morgan fingerprint density at radius 3 is 3.06 bits per heavy atom. The molecule has 3 nitrogen and oxygen atoms in total. The molecule has 2 aliphatic rings. The summed E-state index contributed by atoms with van der Waals surface area (Å²) in [5.74, 6) is 0.355. The van der Waals surface area contributed by atoms with Gasteiger partial charge in [-0.1, -0.05) is 12.5 Å². The van der Waals surface area contributed by atoms with E-state index in [0.717, 1.165) is 24.8 Å². The average molecular weight is 223 g/mol. The van der Waals surface area contributed by atoms with Gasteiger partial charge in [0.2, 0.25) is 0 Å². The first-order valence-corrected chi connectivity index (χ1v) is 6.31. The number of carbonyl (C=O) groups excluding carboxylic acids is 1. The molecule has 0 spiro atoms. The topological polar surface area (TPSA) is 38.3 Å². The van der Waals surface area contributed by atoms with Gasteiger partial charge in [-0.15, -0.1) is 0 Å². The quantitative estimate of drug-likeness (QED) is 0.791. The van der Waals surface area contributed by atoms with Crippen LogP contribution in [0.5, 0.6) is 0 Å². The van der Waals surface area contributed by atoms with Gasteiger partial charge in [-0.2, -0.15) is 0 Å².